The molecule has 1 atom stereocenters. The number of fused-ring (bicyclic) bond motifs is 1. The lowest BCUT2D eigenvalue weighted by atomic mass is 9.99. The third-order valence-corrected chi connectivity index (χ3v) is 5.60. The highest BCUT2D eigenvalue weighted by Gasteiger charge is 2.56. The summed E-state index contributed by atoms with van der Waals surface area (Å²) in [5, 5.41) is 8.07. The Morgan fingerprint density at radius 3 is 2.48 bits per heavy atom. The van der Waals surface area contributed by atoms with E-state index in [1.165, 1.54) is 6.07 Å². The van der Waals surface area contributed by atoms with Crippen molar-refractivity contribution in [3.05, 3.63) is 51.9 Å². The summed E-state index contributed by atoms with van der Waals surface area (Å²) in [6.45, 7) is 1.60. The number of benzene rings is 1. The van der Waals surface area contributed by atoms with Crippen LogP contribution in [0.1, 0.15) is 23.4 Å². The summed E-state index contributed by atoms with van der Waals surface area (Å²) < 4.78 is 67.1. The SMILES string of the molecule is Cc1cc(C(F)(F)F)ccc1-c1ccn2c(CC3CC3(F)F)nnc2c1Br. The molecule has 0 N–H and O–H groups in total. The van der Waals surface area contributed by atoms with Crippen LogP contribution in [-0.2, 0) is 12.6 Å². The second kappa shape index (κ2) is 5.98. The van der Waals surface area contributed by atoms with Gasteiger partial charge in [-0.2, -0.15) is 13.2 Å². The van der Waals surface area contributed by atoms with Crippen molar-refractivity contribution >= 4 is 21.6 Å². The summed E-state index contributed by atoms with van der Waals surface area (Å²) in [6.07, 6.45) is -2.77. The van der Waals surface area contributed by atoms with E-state index in [0.29, 0.717) is 32.6 Å². The fourth-order valence-electron chi connectivity index (χ4n) is 3.17. The molecule has 1 unspecified atom stereocenters. The molecule has 0 spiro atoms. The summed E-state index contributed by atoms with van der Waals surface area (Å²) >= 11 is 3.43. The first-order valence-corrected chi connectivity index (χ1v) is 8.95. The molecule has 1 aromatic carbocycles. The zero-order chi connectivity index (χ0) is 19.6. The number of nitrogens with zero attached hydrogens (tertiary/aromatic N) is 3. The van der Waals surface area contributed by atoms with Crippen LogP contribution in [-0.4, -0.2) is 20.5 Å². The number of aryl methyl sites for hydroxylation is 1. The van der Waals surface area contributed by atoms with E-state index in [-0.39, 0.29) is 12.8 Å². The van der Waals surface area contributed by atoms with Crippen molar-refractivity contribution in [3.8, 4) is 11.1 Å². The highest BCUT2D eigenvalue weighted by Crippen LogP contribution is 2.50. The van der Waals surface area contributed by atoms with Gasteiger partial charge in [0.25, 0.3) is 5.92 Å². The molecule has 3 nitrogen and oxygen atoms in total. The topological polar surface area (TPSA) is 30.2 Å². The van der Waals surface area contributed by atoms with Crippen molar-refractivity contribution < 1.29 is 22.0 Å². The van der Waals surface area contributed by atoms with Crippen LogP contribution in [0.25, 0.3) is 16.8 Å². The van der Waals surface area contributed by atoms with Gasteiger partial charge in [0.15, 0.2) is 5.65 Å². The largest absolute Gasteiger partial charge is 0.416 e. The van der Waals surface area contributed by atoms with Gasteiger partial charge in [-0.25, -0.2) is 8.78 Å². The molecule has 1 aliphatic rings. The zero-order valence-electron chi connectivity index (χ0n) is 14.0. The lowest BCUT2D eigenvalue weighted by Gasteiger charge is -2.13. The second-order valence-electron chi connectivity index (χ2n) is 6.75. The monoisotopic (exact) mass is 445 g/mol. The van der Waals surface area contributed by atoms with E-state index in [0.717, 1.165) is 12.1 Å². The maximum absolute atomic E-state index is 13.2. The fourth-order valence-corrected chi connectivity index (χ4v) is 3.79. The van der Waals surface area contributed by atoms with Crippen LogP contribution in [0.2, 0.25) is 0 Å². The molecule has 27 heavy (non-hydrogen) atoms. The maximum atomic E-state index is 13.2. The molecule has 0 aliphatic heterocycles. The lowest BCUT2D eigenvalue weighted by molar-refractivity contribution is -0.137. The summed E-state index contributed by atoms with van der Waals surface area (Å²) in [6, 6.07) is 5.25. The van der Waals surface area contributed by atoms with Crippen LogP contribution in [0.5, 0.6) is 0 Å². The summed E-state index contributed by atoms with van der Waals surface area (Å²) in [7, 11) is 0. The van der Waals surface area contributed by atoms with E-state index in [9.17, 15) is 22.0 Å². The average Bonchev–Trinajstić information content (AvgIpc) is 2.98. The zero-order valence-corrected chi connectivity index (χ0v) is 15.6. The van der Waals surface area contributed by atoms with Gasteiger partial charge in [0.2, 0.25) is 0 Å². The van der Waals surface area contributed by atoms with Crippen molar-refractivity contribution in [2.24, 2.45) is 5.92 Å². The molecule has 0 radical (unpaired) electrons. The molecule has 1 saturated carbocycles. The molecule has 0 bridgehead atoms. The highest BCUT2D eigenvalue weighted by molar-refractivity contribution is 9.10. The Labute approximate surface area is 159 Å². The van der Waals surface area contributed by atoms with Gasteiger partial charge >= 0.3 is 6.18 Å². The van der Waals surface area contributed by atoms with E-state index >= 15 is 0 Å². The van der Waals surface area contributed by atoms with Crippen molar-refractivity contribution in [1.29, 1.82) is 0 Å². The molecule has 142 valence electrons. The molecule has 2 aromatic heterocycles. The quantitative estimate of drug-likeness (QED) is 0.485. The summed E-state index contributed by atoms with van der Waals surface area (Å²) in [5.74, 6) is -2.93. The van der Waals surface area contributed by atoms with Crippen LogP contribution in [0.4, 0.5) is 22.0 Å². The second-order valence-corrected chi connectivity index (χ2v) is 7.54. The molecular formula is C18H13BrF5N3. The minimum Gasteiger partial charge on any atom is -0.285 e. The molecule has 1 fully saturated rings. The first-order chi connectivity index (χ1) is 12.6. The van der Waals surface area contributed by atoms with Crippen LogP contribution in [0.15, 0.2) is 34.9 Å². The third-order valence-electron chi connectivity index (χ3n) is 4.82. The van der Waals surface area contributed by atoms with Crippen molar-refractivity contribution in [1.82, 2.24) is 14.6 Å². The Morgan fingerprint density at radius 2 is 1.89 bits per heavy atom. The predicted molar refractivity (Wildman–Crippen MR) is 92.6 cm³/mol. The van der Waals surface area contributed by atoms with Crippen LogP contribution < -0.4 is 0 Å². The van der Waals surface area contributed by atoms with Gasteiger partial charge in [0, 0.05) is 30.5 Å². The van der Waals surface area contributed by atoms with Crippen LogP contribution in [0.3, 0.4) is 0 Å². The number of aromatic nitrogens is 3. The van der Waals surface area contributed by atoms with Gasteiger partial charge in [-0.3, -0.25) is 4.40 Å². The van der Waals surface area contributed by atoms with Gasteiger partial charge in [-0.15, -0.1) is 10.2 Å². The molecule has 0 saturated heterocycles. The van der Waals surface area contributed by atoms with E-state index in [4.69, 9.17) is 0 Å². The number of hydrogen-bond acceptors (Lipinski definition) is 2. The van der Waals surface area contributed by atoms with Gasteiger partial charge in [0.1, 0.15) is 5.82 Å². The standard InChI is InChI=1S/C18H13BrF5N3/c1-9-6-10(18(22,23)24)2-3-12(9)13-4-5-27-14(7-11-8-17(11,20)21)25-26-16(27)15(13)19/h2-6,11H,7-8H2,1H3. The van der Waals surface area contributed by atoms with Gasteiger partial charge in [-0.1, -0.05) is 6.07 Å². The minimum atomic E-state index is -4.41. The Morgan fingerprint density at radius 1 is 1.19 bits per heavy atom. The van der Waals surface area contributed by atoms with Crippen molar-refractivity contribution in [3.63, 3.8) is 0 Å². The van der Waals surface area contributed by atoms with Gasteiger partial charge in [0.05, 0.1) is 10.0 Å². The fraction of sp³-hybridized carbons (Fsp3) is 0.333. The number of alkyl halides is 5. The number of halogens is 6. The van der Waals surface area contributed by atoms with E-state index in [1.54, 1.807) is 23.6 Å². The summed E-state index contributed by atoms with van der Waals surface area (Å²) in [4.78, 5) is 0. The first-order valence-electron chi connectivity index (χ1n) is 8.16. The normalized spacial score (nSPS) is 18.9. The molecule has 4 rings (SSSR count). The average molecular weight is 446 g/mol. The molecule has 1 aliphatic carbocycles. The number of hydrogen-bond donors (Lipinski definition) is 0. The Hall–Kier alpha value is -2.03. The van der Waals surface area contributed by atoms with Crippen LogP contribution >= 0.6 is 15.9 Å². The number of pyridine rings is 1. The van der Waals surface area contributed by atoms with Crippen molar-refractivity contribution in [2.75, 3.05) is 0 Å². The van der Waals surface area contributed by atoms with Gasteiger partial charge in [-0.05, 0) is 52.2 Å². The van der Waals surface area contributed by atoms with E-state index in [1.807, 2.05) is 0 Å². The van der Waals surface area contributed by atoms with Crippen molar-refractivity contribution in [2.45, 2.75) is 31.9 Å². The lowest BCUT2D eigenvalue weighted by Crippen LogP contribution is -2.05. The number of rotatable bonds is 3. The van der Waals surface area contributed by atoms with Gasteiger partial charge < -0.3 is 0 Å². The van der Waals surface area contributed by atoms with E-state index in [2.05, 4.69) is 26.1 Å². The molecule has 9 heteroatoms. The van der Waals surface area contributed by atoms with E-state index < -0.39 is 23.6 Å². The maximum Gasteiger partial charge on any atom is 0.416 e. The van der Waals surface area contributed by atoms with Crippen LogP contribution in [0, 0.1) is 12.8 Å². The highest BCUT2D eigenvalue weighted by atomic mass is 79.9. The Balaban J connectivity index is 1.73. The first kappa shape index (κ1) is 18.3. The molecule has 0 amide bonds. The third kappa shape index (κ3) is 3.22. The molecule has 2 heterocycles. The summed E-state index contributed by atoms with van der Waals surface area (Å²) in [5.41, 5.74) is 1.47. The smallest absolute Gasteiger partial charge is 0.285 e. The molecular weight excluding hydrogens is 433 g/mol. The molecule has 3 aromatic rings. The Kier molecular flexibility index (Phi) is 4.06. The predicted octanol–water partition coefficient (Wildman–Crippen LogP) is 5.68. The minimum absolute atomic E-state index is 0.124. The Bertz CT molecular complexity index is 1040.